The SMILES string of the molecule is C=CC1CCC(CCc2cc3c(c(F)c2F)O/C(=C(\F)C(=C)CC)C(=C)C3)OC1. The maximum Gasteiger partial charge on any atom is 0.201 e. The Labute approximate surface area is 170 Å². The molecule has 0 spiro atoms. The fraction of sp³-hybridized carbons (Fsp3) is 0.417. The highest BCUT2D eigenvalue weighted by Gasteiger charge is 2.29. The summed E-state index contributed by atoms with van der Waals surface area (Å²) in [6.45, 7) is 13.6. The largest absolute Gasteiger partial charge is 0.450 e. The van der Waals surface area contributed by atoms with Gasteiger partial charge in [-0.3, -0.25) is 0 Å². The first-order chi connectivity index (χ1) is 13.8. The number of aryl methyl sites for hydroxylation is 1. The molecule has 0 radical (unpaired) electrons. The zero-order chi connectivity index (χ0) is 21.1. The second-order valence-corrected chi connectivity index (χ2v) is 7.70. The molecule has 5 heteroatoms. The minimum absolute atomic E-state index is 0.0274. The van der Waals surface area contributed by atoms with Crippen molar-refractivity contribution in [3.05, 3.63) is 77.4 Å². The van der Waals surface area contributed by atoms with Crippen molar-refractivity contribution < 1.29 is 22.6 Å². The molecule has 2 heterocycles. The summed E-state index contributed by atoms with van der Waals surface area (Å²) in [5.41, 5.74) is 1.36. The molecule has 0 aliphatic carbocycles. The summed E-state index contributed by atoms with van der Waals surface area (Å²) >= 11 is 0. The topological polar surface area (TPSA) is 18.5 Å². The van der Waals surface area contributed by atoms with E-state index in [0.29, 0.717) is 42.9 Å². The summed E-state index contributed by atoms with van der Waals surface area (Å²) in [5.74, 6) is -2.78. The molecule has 1 fully saturated rings. The summed E-state index contributed by atoms with van der Waals surface area (Å²) in [6.07, 6.45) is 5.33. The van der Waals surface area contributed by atoms with E-state index in [1.54, 1.807) is 13.0 Å². The van der Waals surface area contributed by atoms with E-state index in [-0.39, 0.29) is 35.2 Å². The highest BCUT2D eigenvalue weighted by molar-refractivity contribution is 5.51. The van der Waals surface area contributed by atoms with E-state index >= 15 is 0 Å². The lowest BCUT2D eigenvalue weighted by Gasteiger charge is -2.28. The van der Waals surface area contributed by atoms with Crippen molar-refractivity contribution in [3.63, 3.8) is 0 Å². The van der Waals surface area contributed by atoms with Gasteiger partial charge >= 0.3 is 0 Å². The Kier molecular flexibility index (Phi) is 6.68. The zero-order valence-corrected chi connectivity index (χ0v) is 16.8. The monoisotopic (exact) mass is 404 g/mol. The average Bonchev–Trinajstić information content (AvgIpc) is 2.74. The van der Waals surface area contributed by atoms with Crippen LogP contribution in [0.4, 0.5) is 13.2 Å². The highest BCUT2D eigenvalue weighted by Crippen LogP contribution is 2.39. The molecule has 2 unspecified atom stereocenters. The zero-order valence-electron chi connectivity index (χ0n) is 16.8. The van der Waals surface area contributed by atoms with E-state index in [4.69, 9.17) is 9.47 Å². The number of halogens is 3. The van der Waals surface area contributed by atoms with E-state index in [2.05, 4.69) is 19.7 Å². The summed E-state index contributed by atoms with van der Waals surface area (Å²) < 4.78 is 55.0. The van der Waals surface area contributed by atoms with E-state index < -0.39 is 17.5 Å². The van der Waals surface area contributed by atoms with E-state index in [9.17, 15) is 13.2 Å². The molecule has 2 aliphatic rings. The normalized spacial score (nSPS) is 23.2. The Balaban J connectivity index is 1.78. The van der Waals surface area contributed by atoms with E-state index in [0.717, 1.165) is 12.8 Å². The molecule has 0 saturated carbocycles. The first kappa shape index (κ1) is 21.4. The van der Waals surface area contributed by atoms with Crippen LogP contribution in [0.5, 0.6) is 5.75 Å². The lowest BCUT2D eigenvalue weighted by molar-refractivity contribution is -0.00790. The van der Waals surface area contributed by atoms with Gasteiger partial charge in [-0.25, -0.2) is 8.78 Å². The van der Waals surface area contributed by atoms with Gasteiger partial charge in [-0.05, 0) is 54.9 Å². The number of ether oxygens (including phenoxy) is 2. The Morgan fingerprint density at radius 3 is 2.66 bits per heavy atom. The van der Waals surface area contributed by atoms with Gasteiger partial charge in [-0.2, -0.15) is 4.39 Å². The molecule has 3 rings (SSSR count). The first-order valence-electron chi connectivity index (χ1n) is 10.0. The standard InChI is InChI=1S/C24H27F3O2/c1-5-14(3)20(25)23-15(4)11-18-12-17(21(26)22(27)24(18)29-23)8-10-19-9-7-16(6-2)13-28-19/h6,12,16,19H,2-5,7-11,13H2,1H3/b23-20-. The summed E-state index contributed by atoms with van der Waals surface area (Å²) in [6, 6.07) is 1.59. The van der Waals surface area contributed by atoms with Crippen LogP contribution >= 0.6 is 0 Å². The van der Waals surface area contributed by atoms with Crippen LogP contribution in [-0.2, 0) is 17.6 Å². The summed E-state index contributed by atoms with van der Waals surface area (Å²) in [4.78, 5) is 0. The Morgan fingerprint density at radius 1 is 1.28 bits per heavy atom. The van der Waals surface area contributed by atoms with Crippen molar-refractivity contribution in [1.82, 2.24) is 0 Å². The first-order valence-corrected chi connectivity index (χ1v) is 10.0. The number of hydrogen-bond acceptors (Lipinski definition) is 2. The van der Waals surface area contributed by atoms with Crippen molar-refractivity contribution in [3.8, 4) is 5.75 Å². The van der Waals surface area contributed by atoms with Crippen LogP contribution in [0.1, 0.15) is 43.7 Å². The van der Waals surface area contributed by atoms with Gasteiger partial charge in [-0.15, -0.1) is 6.58 Å². The van der Waals surface area contributed by atoms with Gasteiger partial charge in [0.05, 0.1) is 12.7 Å². The molecule has 156 valence electrons. The molecule has 1 aromatic rings. The van der Waals surface area contributed by atoms with Crippen molar-refractivity contribution in [2.75, 3.05) is 6.61 Å². The number of fused-ring (bicyclic) bond motifs is 1. The van der Waals surface area contributed by atoms with Crippen LogP contribution in [0.25, 0.3) is 0 Å². The summed E-state index contributed by atoms with van der Waals surface area (Å²) in [5, 5.41) is 0. The van der Waals surface area contributed by atoms with Crippen LogP contribution in [-0.4, -0.2) is 12.7 Å². The molecule has 0 bridgehead atoms. The van der Waals surface area contributed by atoms with Gasteiger partial charge in [0.15, 0.2) is 23.2 Å². The molecule has 2 atom stereocenters. The second-order valence-electron chi connectivity index (χ2n) is 7.70. The predicted octanol–water partition coefficient (Wildman–Crippen LogP) is 6.52. The molecule has 0 N–H and O–H groups in total. The average molecular weight is 404 g/mol. The van der Waals surface area contributed by atoms with E-state index in [1.165, 1.54) is 0 Å². The molecule has 0 amide bonds. The van der Waals surface area contributed by atoms with Crippen molar-refractivity contribution >= 4 is 0 Å². The maximum atomic E-state index is 14.7. The number of benzene rings is 1. The van der Waals surface area contributed by atoms with Crippen molar-refractivity contribution in [2.45, 2.75) is 51.6 Å². The van der Waals surface area contributed by atoms with Gasteiger partial charge in [0.1, 0.15) is 0 Å². The van der Waals surface area contributed by atoms with Crippen LogP contribution in [0, 0.1) is 17.6 Å². The van der Waals surface area contributed by atoms with Gasteiger partial charge in [0.25, 0.3) is 0 Å². The third kappa shape index (κ3) is 4.50. The Morgan fingerprint density at radius 2 is 2.03 bits per heavy atom. The van der Waals surface area contributed by atoms with Gasteiger partial charge in [-0.1, -0.05) is 26.2 Å². The molecule has 0 aromatic heterocycles. The summed E-state index contributed by atoms with van der Waals surface area (Å²) in [7, 11) is 0. The maximum absolute atomic E-state index is 14.7. The Bertz CT molecular complexity index is 861. The quantitative estimate of drug-likeness (QED) is 0.503. The smallest absolute Gasteiger partial charge is 0.201 e. The molecular weight excluding hydrogens is 377 g/mol. The van der Waals surface area contributed by atoms with Crippen molar-refractivity contribution in [2.24, 2.45) is 5.92 Å². The fourth-order valence-corrected chi connectivity index (χ4v) is 3.70. The van der Waals surface area contributed by atoms with E-state index in [1.807, 2.05) is 6.08 Å². The lowest BCUT2D eigenvalue weighted by Crippen LogP contribution is -2.25. The van der Waals surface area contributed by atoms with Crippen LogP contribution in [0.2, 0.25) is 0 Å². The molecule has 1 aromatic carbocycles. The number of hydrogen-bond donors (Lipinski definition) is 0. The molecule has 2 aliphatic heterocycles. The minimum Gasteiger partial charge on any atom is -0.450 e. The number of rotatable bonds is 6. The highest BCUT2D eigenvalue weighted by atomic mass is 19.2. The Hall–Kier alpha value is -2.27. The lowest BCUT2D eigenvalue weighted by atomic mass is 9.93. The third-order valence-corrected chi connectivity index (χ3v) is 5.65. The third-order valence-electron chi connectivity index (χ3n) is 5.65. The van der Waals surface area contributed by atoms with Crippen LogP contribution < -0.4 is 4.74 Å². The second kappa shape index (κ2) is 9.04. The molecular formula is C24H27F3O2. The minimum atomic E-state index is -1.09. The number of allylic oxidation sites excluding steroid dienone is 3. The molecule has 2 nitrogen and oxygen atoms in total. The molecule has 29 heavy (non-hydrogen) atoms. The molecule has 1 saturated heterocycles. The van der Waals surface area contributed by atoms with Crippen LogP contribution in [0.15, 0.2) is 54.6 Å². The van der Waals surface area contributed by atoms with Crippen LogP contribution in [0.3, 0.4) is 0 Å². The fourth-order valence-electron chi connectivity index (χ4n) is 3.70. The van der Waals surface area contributed by atoms with Gasteiger partial charge < -0.3 is 9.47 Å². The van der Waals surface area contributed by atoms with Crippen molar-refractivity contribution in [1.29, 1.82) is 0 Å². The van der Waals surface area contributed by atoms with Gasteiger partial charge in [0, 0.05) is 17.9 Å². The van der Waals surface area contributed by atoms with Gasteiger partial charge in [0.2, 0.25) is 5.82 Å². The predicted molar refractivity (Wildman–Crippen MR) is 108 cm³/mol.